The highest BCUT2D eigenvalue weighted by atomic mass is 32.2. The van der Waals surface area contributed by atoms with Crippen LogP contribution in [-0.2, 0) is 10.8 Å². The molecule has 38 valence electrons. The largest absolute Gasteiger partial charge is 0.357 e. The number of hydrogen-bond acceptors (Lipinski definition) is 1. The maximum atomic E-state index is 10.1. The molecule has 0 aromatic carbocycles. The second-order valence-corrected chi connectivity index (χ2v) is 2.69. The van der Waals surface area contributed by atoms with E-state index in [1.54, 1.807) is 6.26 Å². The van der Waals surface area contributed by atoms with Gasteiger partial charge in [0.15, 0.2) is 0 Å². The highest BCUT2D eigenvalue weighted by Gasteiger charge is 1.83. The number of hydrogen-bond donors (Lipinski definition) is 1. The van der Waals surface area contributed by atoms with Gasteiger partial charge < -0.3 is 5.73 Å². The molecule has 3 N–H and O–H groups in total. The molecule has 0 saturated heterocycles. The topological polar surface area (TPSA) is 44.7 Å². The van der Waals surface area contributed by atoms with Crippen LogP contribution in [0.1, 0.15) is 0 Å². The lowest BCUT2D eigenvalue weighted by Crippen LogP contribution is -2.52. The van der Waals surface area contributed by atoms with E-state index in [2.05, 4.69) is 5.73 Å². The summed E-state index contributed by atoms with van der Waals surface area (Å²) in [5, 5.41) is 0. The smallest absolute Gasteiger partial charge is 0.0856 e. The van der Waals surface area contributed by atoms with Crippen LogP contribution in [0.3, 0.4) is 0 Å². The first kappa shape index (κ1) is 6.11. The predicted octanol–water partition coefficient (Wildman–Crippen LogP) is -1.39. The van der Waals surface area contributed by atoms with Crippen LogP contribution in [0.5, 0.6) is 0 Å². The van der Waals surface area contributed by atoms with Crippen molar-refractivity contribution in [1.82, 2.24) is 0 Å². The summed E-state index contributed by atoms with van der Waals surface area (Å²) in [4.78, 5) is 0. The highest BCUT2D eigenvalue weighted by molar-refractivity contribution is 7.84. The Morgan fingerprint density at radius 1 is 1.83 bits per heavy atom. The molecule has 0 radical (unpaired) electrons. The van der Waals surface area contributed by atoms with E-state index in [1.165, 1.54) is 0 Å². The summed E-state index contributed by atoms with van der Waals surface area (Å²) in [5.74, 6) is 0.736. The minimum atomic E-state index is -0.628. The van der Waals surface area contributed by atoms with Crippen LogP contribution in [0.15, 0.2) is 0 Å². The van der Waals surface area contributed by atoms with Crippen LogP contribution in [-0.4, -0.2) is 22.8 Å². The molecule has 6 heavy (non-hydrogen) atoms. The van der Waals surface area contributed by atoms with Gasteiger partial charge in [0.2, 0.25) is 0 Å². The van der Waals surface area contributed by atoms with Crippen molar-refractivity contribution in [1.29, 1.82) is 0 Å². The number of quaternary nitrogens is 1. The Morgan fingerprint density at radius 3 is 2.33 bits per heavy atom. The first-order chi connectivity index (χ1) is 2.77. The molecule has 0 aliphatic rings. The van der Waals surface area contributed by atoms with Gasteiger partial charge in [-0.1, -0.05) is 0 Å². The first-order valence-electron chi connectivity index (χ1n) is 1.86. The van der Waals surface area contributed by atoms with Gasteiger partial charge >= 0.3 is 0 Å². The van der Waals surface area contributed by atoms with E-state index in [0.717, 1.165) is 12.3 Å². The van der Waals surface area contributed by atoms with Gasteiger partial charge in [-0.3, -0.25) is 4.21 Å². The standard InChI is InChI=1S/C3H9NOS/c1-6(5)3-2-4/h2-4H2,1H3/p+1/t6-/m0/s1. The molecule has 2 nitrogen and oxygen atoms in total. The third kappa shape index (κ3) is 4.11. The Labute approximate surface area is 40.2 Å². The molecule has 0 heterocycles. The van der Waals surface area contributed by atoms with Crippen molar-refractivity contribution < 1.29 is 9.94 Å². The summed E-state index contributed by atoms with van der Waals surface area (Å²) in [6.45, 7) is 0.781. The lowest BCUT2D eigenvalue weighted by atomic mass is 10.8. The molecule has 0 aliphatic heterocycles. The lowest BCUT2D eigenvalue weighted by molar-refractivity contribution is -0.360. The first-order valence-corrected chi connectivity index (χ1v) is 3.59. The summed E-state index contributed by atoms with van der Waals surface area (Å²) >= 11 is 0. The second kappa shape index (κ2) is 3.31. The van der Waals surface area contributed by atoms with E-state index >= 15 is 0 Å². The molecule has 0 saturated carbocycles. The Bertz CT molecular complexity index is 54.8. The molecule has 0 amide bonds. The molecular formula is C3H10NOS+. The summed E-state index contributed by atoms with van der Waals surface area (Å²) in [5.41, 5.74) is 3.53. The van der Waals surface area contributed by atoms with Crippen molar-refractivity contribution >= 4 is 10.8 Å². The Kier molecular flexibility index (Phi) is 3.37. The quantitative estimate of drug-likeness (QED) is 0.465. The number of rotatable bonds is 2. The van der Waals surface area contributed by atoms with Crippen molar-refractivity contribution in [3.8, 4) is 0 Å². The van der Waals surface area contributed by atoms with Crippen molar-refractivity contribution in [3.05, 3.63) is 0 Å². The van der Waals surface area contributed by atoms with Crippen LogP contribution in [0, 0.1) is 0 Å². The zero-order valence-corrected chi connectivity index (χ0v) is 4.75. The van der Waals surface area contributed by atoms with Crippen LogP contribution < -0.4 is 5.73 Å². The van der Waals surface area contributed by atoms with Crippen LogP contribution in [0.4, 0.5) is 0 Å². The zero-order valence-electron chi connectivity index (χ0n) is 3.94. The minimum Gasteiger partial charge on any atom is -0.357 e. The van der Waals surface area contributed by atoms with E-state index < -0.39 is 10.8 Å². The molecule has 0 unspecified atom stereocenters. The van der Waals surface area contributed by atoms with E-state index in [4.69, 9.17) is 0 Å². The van der Waals surface area contributed by atoms with Gasteiger partial charge in [-0.15, -0.1) is 0 Å². The SMILES string of the molecule is C[S@](=O)CC[NH3+]. The maximum Gasteiger partial charge on any atom is 0.0856 e. The van der Waals surface area contributed by atoms with Gasteiger partial charge in [0.05, 0.1) is 12.3 Å². The Balaban J connectivity index is 2.83. The van der Waals surface area contributed by atoms with Gasteiger partial charge in [0.1, 0.15) is 0 Å². The van der Waals surface area contributed by atoms with E-state index in [0.29, 0.717) is 0 Å². The highest BCUT2D eigenvalue weighted by Crippen LogP contribution is 1.64. The monoisotopic (exact) mass is 108 g/mol. The molecule has 3 heteroatoms. The van der Waals surface area contributed by atoms with Gasteiger partial charge in [-0.05, 0) is 0 Å². The zero-order chi connectivity index (χ0) is 4.99. The third-order valence-electron chi connectivity index (χ3n) is 0.432. The predicted molar refractivity (Wildman–Crippen MR) is 26.7 cm³/mol. The fourth-order valence-electron chi connectivity index (χ4n) is 0.203. The Hall–Kier alpha value is 0.110. The molecule has 0 fully saturated rings. The molecule has 0 rings (SSSR count). The van der Waals surface area contributed by atoms with Crippen LogP contribution in [0.25, 0.3) is 0 Å². The van der Waals surface area contributed by atoms with Crippen molar-refractivity contribution in [3.63, 3.8) is 0 Å². The molecule has 0 spiro atoms. The van der Waals surface area contributed by atoms with Gasteiger partial charge in [-0.2, -0.15) is 0 Å². The molecule has 0 aromatic heterocycles. The third-order valence-corrected chi connectivity index (χ3v) is 1.30. The van der Waals surface area contributed by atoms with Gasteiger partial charge in [0, 0.05) is 17.1 Å². The van der Waals surface area contributed by atoms with Crippen LogP contribution >= 0.6 is 0 Å². The summed E-state index contributed by atoms with van der Waals surface area (Å²) in [7, 11) is -0.628. The van der Waals surface area contributed by atoms with Crippen molar-refractivity contribution in [2.24, 2.45) is 0 Å². The molecule has 0 aromatic rings. The Morgan fingerprint density at radius 2 is 2.33 bits per heavy atom. The summed E-state index contributed by atoms with van der Waals surface area (Å²) in [6.07, 6.45) is 1.69. The average molecular weight is 108 g/mol. The van der Waals surface area contributed by atoms with Crippen molar-refractivity contribution in [2.75, 3.05) is 18.6 Å². The van der Waals surface area contributed by atoms with Crippen LogP contribution in [0.2, 0.25) is 0 Å². The molecular weight excluding hydrogens is 98.1 g/mol. The molecule has 0 aliphatic carbocycles. The normalized spacial score (nSPS) is 14.3. The van der Waals surface area contributed by atoms with Gasteiger partial charge in [-0.25, -0.2) is 0 Å². The van der Waals surface area contributed by atoms with E-state index in [-0.39, 0.29) is 0 Å². The van der Waals surface area contributed by atoms with E-state index in [9.17, 15) is 4.21 Å². The fraction of sp³-hybridized carbons (Fsp3) is 1.00. The minimum absolute atomic E-state index is 0.628. The lowest BCUT2D eigenvalue weighted by Gasteiger charge is -1.80. The van der Waals surface area contributed by atoms with Crippen molar-refractivity contribution in [2.45, 2.75) is 0 Å². The maximum absolute atomic E-state index is 10.1. The second-order valence-electron chi connectivity index (χ2n) is 1.13. The fourth-order valence-corrected chi connectivity index (χ4v) is 0.610. The molecule has 1 atom stereocenters. The molecule has 0 bridgehead atoms. The van der Waals surface area contributed by atoms with Gasteiger partial charge in [0.25, 0.3) is 0 Å². The average Bonchev–Trinajstić information content (AvgIpc) is 1.35. The summed E-state index contributed by atoms with van der Waals surface area (Å²) < 4.78 is 10.1. The van der Waals surface area contributed by atoms with E-state index in [1.807, 2.05) is 0 Å². The summed E-state index contributed by atoms with van der Waals surface area (Å²) in [6, 6.07) is 0.